The van der Waals surface area contributed by atoms with Gasteiger partial charge in [-0.25, -0.2) is 0 Å². The predicted molar refractivity (Wildman–Crippen MR) is 36.3 cm³/mol. The molecule has 1 aliphatic heterocycles. The van der Waals surface area contributed by atoms with Gasteiger partial charge in [-0.3, -0.25) is 0 Å². The molecule has 0 radical (unpaired) electrons. The summed E-state index contributed by atoms with van der Waals surface area (Å²) in [6, 6.07) is 0. The Labute approximate surface area is 55.7 Å². The van der Waals surface area contributed by atoms with Crippen LogP contribution in [0.15, 0.2) is 11.6 Å². The molecule has 0 atom stereocenters. The van der Waals surface area contributed by atoms with E-state index in [1.54, 1.807) is 0 Å². The summed E-state index contributed by atoms with van der Waals surface area (Å²) in [5.74, 6) is 0. The monoisotopic (exact) mass is 124 g/mol. The van der Waals surface area contributed by atoms with E-state index >= 15 is 0 Å². The highest BCUT2D eigenvalue weighted by molar-refractivity contribution is 5.13. The first-order valence-electron chi connectivity index (χ1n) is 3.60. The highest BCUT2D eigenvalue weighted by atomic mass is 16.5. The molecule has 0 aromatic heterocycles. The van der Waals surface area contributed by atoms with Crippen LogP contribution in [-0.2, 0) is 4.74 Å². The number of ether oxygens (including phenoxy) is 1. The van der Waals surface area contributed by atoms with Crippen LogP contribution in [0.5, 0.6) is 0 Å². The molecule has 2 aliphatic rings. The topological polar surface area (TPSA) is 9.23 Å². The average molecular weight is 124 g/mol. The highest BCUT2D eigenvalue weighted by Crippen LogP contribution is 2.46. The molecular weight excluding hydrogens is 112 g/mol. The lowest BCUT2D eigenvalue weighted by Gasteiger charge is -2.20. The van der Waals surface area contributed by atoms with E-state index in [1.165, 1.54) is 24.8 Å². The summed E-state index contributed by atoms with van der Waals surface area (Å²) in [5.41, 5.74) is 1.84. The van der Waals surface area contributed by atoms with Crippen LogP contribution in [-0.4, -0.2) is 12.2 Å². The summed E-state index contributed by atoms with van der Waals surface area (Å²) >= 11 is 0. The van der Waals surface area contributed by atoms with Gasteiger partial charge in [0.05, 0.1) is 12.2 Å². The smallest absolute Gasteiger partial charge is 0.0725 e. The Bertz CT molecular complexity index is 154. The Morgan fingerprint density at radius 2 is 2.33 bits per heavy atom. The molecule has 9 heavy (non-hydrogen) atoms. The van der Waals surface area contributed by atoms with Crippen molar-refractivity contribution in [2.24, 2.45) is 0 Å². The average Bonchev–Trinajstić information content (AvgIpc) is 2.49. The molecule has 1 heteroatoms. The first-order chi connectivity index (χ1) is 4.31. The van der Waals surface area contributed by atoms with Gasteiger partial charge in [-0.15, -0.1) is 0 Å². The van der Waals surface area contributed by atoms with Crippen LogP contribution in [0.3, 0.4) is 0 Å². The van der Waals surface area contributed by atoms with E-state index in [2.05, 4.69) is 13.0 Å². The molecule has 0 bridgehead atoms. The molecule has 1 saturated carbocycles. The molecule has 1 fully saturated rings. The SMILES string of the molecule is CC1=CCOC2(CC2)C1. The number of hydrogen-bond acceptors (Lipinski definition) is 1. The minimum absolute atomic E-state index is 0.332. The molecule has 0 aromatic carbocycles. The van der Waals surface area contributed by atoms with E-state index in [0.29, 0.717) is 5.60 Å². The first-order valence-corrected chi connectivity index (χ1v) is 3.60. The molecule has 1 aliphatic carbocycles. The fourth-order valence-electron chi connectivity index (χ4n) is 1.45. The van der Waals surface area contributed by atoms with Crippen molar-refractivity contribution in [1.29, 1.82) is 0 Å². The van der Waals surface area contributed by atoms with E-state index < -0.39 is 0 Å². The molecule has 0 unspecified atom stereocenters. The second-order valence-corrected chi connectivity index (χ2v) is 3.22. The molecule has 1 heterocycles. The van der Waals surface area contributed by atoms with E-state index in [0.717, 1.165) is 6.61 Å². The van der Waals surface area contributed by atoms with Gasteiger partial charge >= 0.3 is 0 Å². The summed E-state index contributed by atoms with van der Waals surface area (Å²) < 4.78 is 5.57. The summed E-state index contributed by atoms with van der Waals surface area (Å²) in [6.07, 6.45) is 5.95. The number of hydrogen-bond donors (Lipinski definition) is 0. The van der Waals surface area contributed by atoms with Crippen molar-refractivity contribution in [1.82, 2.24) is 0 Å². The molecule has 1 spiro atoms. The van der Waals surface area contributed by atoms with E-state index in [4.69, 9.17) is 4.74 Å². The molecule has 50 valence electrons. The van der Waals surface area contributed by atoms with Gasteiger partial charge in [0.2, 0.25) is 0 Å². The Kier molecular flexibility index (Phi) is 0.974. The minimum atomic E-state index is 0.332. The van der Waals surface area contributed by atoms with Crippen molar-refractivity contribution in [3.8, 4) is 0 Å². The van der Waals surface area contributed by atoms with Crippen LogP contribution in [0.4, 0.5) is 0 Å². The second-order valence-electron chi connectivity index (χ2n) is 3.22. The van der Waals surface area contributed by atoms with Crippen LogP contribution >= 0.6 is 0 Å². The van der Waals surface area contributed by atoms with E-state index in [1.807, 2.05) is 0 Å². The quantitative estimate of drug-likeness (QED) is 0.448. The van der Waals surface area contributed by atoms with Gasteiger partial charge < -0.3 is 4.74 Å². The van der Waals surface area contributed by atoms with E-state index in [-0.39, 0.29) is 0 Å². The van der Waals surface area contributed by atoms with Crippen LogP contribution in [0, 0.1) is 0 Å². The first kappa shape index (κ1) is 5.48. The molecule has 0 amide bonds. The fraction of sp³-hybridized carbons (Fsp3) is 0.750. The van der Waals surface area contributed by atoms with Crippen molar-refractivity contribution >= 4 is 0 Å². The van der Waals surface area contributed by atoms with Crippen LogP contribution in [0.2, 0.25) is 0 Å². The van der Waals surface area contributed by atoms with Gasteiger partial charge in [0, 0.05) is 0 Å². The third-order valence-corrected chi connectivity index (χ3v) is 2.23. The predicted octanol–water partition coefficient (Wildman–Crippen LogP) is 1.89. The third kappa shape index (κ3) is 0.897. The van der Waals surface area contributed by atoms with Gasteiger partial charge in [-0.2, -0.15) is 0 Å². The second kappa shape index (κ2) is 1.60. The molecule has 0 saturated heterocycles. The van der Waals surface area contributed by atoms with E-state index in [9.17, 15) is 0 Å². The molecular formula is C8H12O. The highest BCUT2D eigenvalue weighted by Gasteiger charge is 2.44. The minimum Gasteiger partial charge on any atom is -0.371 e. The Morgan fingerprint density at radius 1 is 1.56 bits per heavy atom. The van der Waals surface area contributed by atoms with Gasteiger partial charge in [-0.1, -0.05) is 11.6 Å². The van der Waals surface area contributed by atoms with Crippen molar-refractivity contribution in [2.75, 3.05) is 6.61 Å². The molecule has 0 aromatic rings. The lowest BCUT2D eigenvalue weighted by Crippen LogP contribution is -2.18. The largest absolute Gasteiger partial charge is 0.371 e. The Hall–Kier alpha value is -0.300. The van der Waals surface area contributed by atoms with Crippen LogP contribution in [0.25, 0.3) is 0 Å². The van der Waals surface area contributed by atoms with Crippen molar-refractivity contribution < 1.29 is 4.74 Å². The fourth-order valence-corrected chi connectivity index (χ4v) is 1.45. The van der Waals surface area contributed by atoms with Crippen molar-refractivity contribution in [2.45, 2.75) is 31.8 Å². The van der Waals surface area contributed by atoms with Crippen molar-refractivity contribution in [3.63, 3.8) is 0 Å². The zero-order valence-electron chi connectivity index (χ0n) is 5.81. The number of rotatable bonds is 0. The maximum absolute atomic E-state index is 5.57. The zero-order valence-corrected chi connectivity index (χ0v) is 5.81. The summed E-state index contributed by atoms with van der Waals surface area (Å²) in [4.78, 5) is 0. The van der Waals surface area contributed by atoms with Gasteiger partial charge in [0.25, 0.3) is 0 Å². The van der Waals surface area contributed by atoms with Gasteiger partial charge in [-0.05, 0) is 26.2 Å². The summed E-state index contributed by atoms with van der Waals surface area (Å²) in [6.45, 7) is 3.05. The third-order valence-electron chi connectivity index (χ3n) is 2.23. The maximum atomic E-state index is 5.57. The van der Waals surface area contributed by atoms with Crippen LogP contribution < -0.4 is 0 Å². The standard InChI is InChI=1S/C8H12O/c1-7-2-5-9-8(6-7)3-4-8/h2H,3-6H2,1H3. The van der Waals surface area contributed by atoms with Gasteiger partial charge in [0.1, 0.15) is 0 Å². The van der Waals surface area contributed by atoms with Crippen molar-refractivity contribution in [3.05, 3.63) is 11.6 Å². The zero-order chi connectivity index (χ0) is 6.32. The normalized spacial score (nSPS) is 30.1. The molecule has 2 rings (SSSR count). The lowest BCUT2D eigenvalue weighted by molar-refractivity contribution is 0.0432. The summed E-state index contributed by atoms with van der Waals surface area (Å²) in [7, 11) is 0. The summed E-state index contributed by atoms with van der Waals surface area (Å²) in [5, 5.41) is 0. The van der Waals surface area contributed by atoms with Crippen LogP contribution in [0.1, 0.15) is 26.2 Å². The lowest BCUT2D eigenvalue weighted by atomic mass is 10.1. The molecule has 1 nitrogen and oxygen atoms in total. The Balaban J connectivity index is 2.10. The Morgan fingerprint density at radius 3 is 2.78 bits per heavy atom. The van der Waals surface area contributed by atoms with Gasteiger partial charge in [0.15, 0.2) is 0 Å². The maximum Gasteiger partial charge on any atom is 0.0725 e. The molecule has 0 N–H and O–H groups in total.